The third-order valence-corrected chi connectivity index (χ3v) is 14.7. The van der Waals surface area contributed by atoms with Crippen LogP contribution in [-0.2, 0) is 11.2 Å². The van der Waals surface area contributed by atoms with Gasteiger partial charge >= 0.3 is 11.7 Å². The van der Waals surface area contributed by atoms with E-state index in [0.29, 0.717) is 71.9 Å². The average molecular weight is 1410 g/mol. The summed E-state index contributed by atoms with van der Waals surface area (Å²) in [6.45, 7) is 10.7. The van der Waals surface area contributed by atoms with Gasteiger partial charge in [-0.1, -0.05) is 83.5 Å². The number of halogens is 1. The first-order chi connectivity index (χ1) is 45.7. The molecule has 498 valence electrons. The molecule has 0 bridgehead atoms. The Morgan fingerprint density at radius 2 is 0.905 bits per heavy atom. The predicted octanol–water partition coefficient (Wildman–Crippen LogP) is 12.5. The standard InChI is InChI=1S/C40H39N3O10.C31H36IN3O7/c1-3-4-19-51-36-25-31(40(47)50-2)12-15-33(36)42-38(45)29-11-14-32(41-39(46)30-13-16-34(43(48)49)37(24-30)53-21-18-44)35(23-29)52-20-17-26-9-10-27-7-5-6-8-28(27)22-26;1-18(2)16-41-27-13-20(29(33)37)6-9-24(27)34-31(39)22-7-10-25(28(15-22)42-17-19(3)4)35-30(38)21-5-8-23(32)26(14-21)40-12-11-36/h5-16,22-25,44H,3-4,17-21H2,1-2H3,(H,41,46)(H,42,45);5-10,13-15,18-19,36H,11-12,16-17H2,1-4H3,(H2,33,37)(H,34,39)(H,35,38). The number of primary amides is 1. The Morgan fingerprint density at radius 1 is 0.495 bits per heavy atom. The zero-order valence-corrected chi connectivity index (χ0v) is 55.4. The molecule has 0 spiro atoms. The van der Waals surface area contributed by atoms with Crippen LogP contribution in [0.5, 0.6) is 34.5 Å². The van der Waals surface area contributed by atoms with Gasteiger partial charge in [0.25, 0.3) is 23.6 Å². The van der Waals surface area contributed by atoms with Crippen molar-refractivity contribution < 1.29 is 77.1 Å². The third-order valence-electron chi connectivity index (χ3n) is 13.8. The number of amides is 5. The second kappa shape index (κ2) is 35.7. The second-order valence-electron chi connectivity index (χ2n) is 22.1. The highest BCUT2D eigenvalue weighted by molar-refractivity contribution is 14.1. The van der Waals surface area contributed by atoms with Crippen LogP contribution in [0.3, 0.4) is 0 Å². The molecule has 23 nitrogen and oxygen atoms in total. The third kappa shape index (κ3) is 21.1. The maximum absolute atomic E-state index is 13.6. The van der Waals surface area contributed by atoms with Crippen LogP contribution in [-0.4, -0.2) is 111 Å². The summed E-state index contributed by atoms with van der Waals surface area (Å²) in [6, 6.07) is 41.2. The van der Waals surface area contributed by atoms with Crippen molar-refractivity contribution in [2.24, 2.45) is 17.6 Å². The molecule has 8 N–H and O–H groups in total. The highest BCUT2D eigenvalue weighted by atomic mass is 127. The Balaban J connectivity index is 0.000000276. The zero-order valence-electron chi connectivity index (χ0n) is 53.3. The van der Waals surface area contributed by atoms with E-state index in [1.807, 2.05) is 71.0 Å². The lowest BCUT2D eigenvalue weighted by atomic mass is 10.1. The van der Waals surface area contributed by atoms with Crippen LogP contribution < -0.4 is 55.4 Å². The molecule has 0 aromatic heterocycles. The van der Waals surface area contributed by atoms with Crippen molar-refractivity contribution in [3.8, 4) is 34.5 Å². The number of aliphatic hydroxyl groups is 2. The molecule has 8 aromatic carbocycles. The van der Waals surface area contributed by atoms with Crippen LogP contribution in [0, 0.1) is 25.5 Å². The topological polar surface area (TPSA) is 325 Å². The van der Waals surface area contributed by atoms with Crippen molar-refractivity contribution >= 4 is 97.3 Å². The lowest BCUT2D eigenvalue weighted by molar-refractivity contribution is -0.385. The number of nitrogens with two attached hydrogens (primary N) is 1. The highest BCUT2D eigenvalue weighted by Crippen LogP contribution is 2.35. The van der Waals surface area contributed by atoms with Gasteiger partial charge in [-0.2, -0.15) is 0 Å². The summed E-state index contributed by atoms with van der Waals surface area (Å²) in [5.41, 5.74) is 8.86. The minimum atomic E-state index is -0.645. The largest absolute Gasteiger partial charge is 0.491 e. The number of nitrogens with one attached hydrogen (secondary N) is 4. The van der Waals surface area contributed by atoms with Gasteiger partial charge in [-0.3, -0.25) is 34.1 Å². The molecule has 8 aromatic rings. The number of rotatable bonds is 31. The van der Waals surface area contributed by atoms with Gasteiger partial charge in [-0.15, -0.1) is 0 Å². The quantitative estimate of drug-likeness (QED) is 0.00698. The maximum atomic E-state index is 13.6. The van der Waals surface area contributed by atoms with Crippen LogP contribution in [0.15, 0.2) is 152 Å². The summed E-state index contributed by atoms with van der Waals surface area (Å²) in [4.78, 5) is 88.2. The number of nitro groups is 1. The first-order valence-corrected chi connectivity index (χ1v) is 31.5. The van der Waals surface area contributed by atoms with Gasteiger partial charge in [0, 0.05) is 46.4 Å². The average Bonchev–Trinajstić information content (AvgIpc) is 1.65. The number of anilines is 4. The van der Waals surface area contributed by atoms with E-state index in [9.17, 15) is 38.9 Å². The van der Waals surface area contributed by atoms with Crippen LogP contribution in [0.4, 0.5) is 28.4 Å². The van der Waals surface area contributed by atoms with E-state index in [4.69, 9.17) is 49.1 Å². The van der Waals surface area contributed by atoms with Gasteiger partial charge in [0.05, 0.1) is 83.6 Å². The lowest BCUT2D eigenvalue weighted by Gasteiger charge is -2.17. The smallest absolute Gasteiger partial charge is 0.337 e. The molecule has 24 heteroatoms. The number of unbranched alkanes of at least 4 members (excludes halogenated alkanes) is 1. The molecule has 0 saturated carbocycles. The number of nitro benzene ring substituents is 1. The second-order valence-corrected chi connectivity index (χ2v) is 23.3. The molecule has 0 saturated heterocycles. The number of nitrogens with zero attached hydrogens (tertiary/aromatic N) is 1. The number of aliphatic hydroxyl groups excluding tert-OH is 2. The summed E-state index contributed by atoms with van der Waals surface area (Å²) < 4.78 is 40.4. The SMILES string of the molecule is CC(C)COc1cc(C(N)=O)ccc1NC(=O)c1ccc(NC(=O)c2ccc(I)c(OCCO)c2)c(OCC(C)C)c1.CCCCOc1cc(C(=O)OC)ccc1NC(=O)c1ccc(NC(=O)c2ccc([N+](=O)[O-])c(OCCO)c2)c(OCCc2ccc3ccccc3c2)c1. The number of benzene rings is 8. The molecule has 5 amide bonds. The summed E-state index contributed by atoms with van der Waals surface area (Å²) in [6.07, 6.45) is 2.17. The van der Waals surface area contributed by atoms with E-state index in [-0.39, 0.29) is 95.6 Å². The molecule has 0 aliphatic heterocycles. The van der Waals surface area contributed by atoms with E-state index in [1.165, 1.54) is 61.7 Å². The monoisotopic (exact) mass is 1410 g/mol. The molecule has 0 aliphatic carbocycles. The fourth-order valence-corrected chi connectivity index (χ4v) is 9.43. The molecule has 8 rings (SSSR count). The summed E-state index contributed by atoms with van der Waals surface area (Å²) in [7, 11) is 1.28. The normalized spacial score (nSPS) is 10.8. The predicted molar refractivity (Wildman–Crippen MR) is 369 cm³/mol. The van der Waals surface area contributed by atoms with Crippen molar-refractivity contribution in [2.75, 3.05) is 81.2 Å². The van der Waals surface area contributed by atoms with Crippen molar-refractivity contribution in [1.82, 2.24) is 0 Å². The van der Waals surface area contributed by atoms with E-state index in [2.05, 4.69) is 49.9 Å². The minimum absolute atomic E-state index is 0.0541. The van der Waals surface area contributed by atoms with Crippen molar-refractivity contribution in [3.05, 3.63) is 204 Å². The van der Waals surface area contributed by atoms with Crippen molar-refractivity contribution in [3.63, 3.8) is 0 Å². The van der Waals surface area contributed by atoms with Gasteiger partial charge in [0.1, 0.15) is 42.0 Å². The van der Waals surface area contributed by atoms with Crippen LogP contribution in [0.2, 0.25) is 0 Å². The molecule has 95 heavy (non-hydrogen) atoms. The first-order valence-electron chi connectivity index (χ1n) is 30.4. The van der Waals surface area contributed by atoms with Gasteiger partial charge in [-0.25, -0.2) is 4.79 Å². The number of hydrogen-bond acceptors (Lipinski definition) is 17. The van der Waals surface area contributed by atoms with Crippen LogP contribution in [0.1, 0.15) is 115 Å². The number of hydrogen-bond donors (Lipinski definition) is 7. The number of carbonyl (C=O) groups is 6. The fraction of sp³-hybridized carbons (Fsp3) is 0.268. The molecule has 0 atom stereocenters. The van der Waals surface area contributed by atoms with Gasteiger partial charge in [0.2, 0.25) is 5.91 Å². The number of ether oxygens (including phenoxy) is 7. The molecular formula is C71H75IN6O17. The molecule has 0 radical (unpaired) electrons. The Hall–Kier alpha value is -10.3. The molecule has 0 aliphatic rings. The Labute approximate surface area is 562 Å². The number of methoxy groups -OCH3 is 1. The van der Waals surface area contributed by atoms with Gasteiger partial charge in [-0.05, 0) is 154 Å². The van der Waals surface area contributed by atoms with E-state index in [0.717, 1.165) is 38.8 Å². The van der Waals surface area contributed by atoms with Gasteiger partial charge in [0.15, 0.2) is 5.75 Å². The summed E-state index contributed by atoms with van der Waals surface area (Å²) >= 11 is 2.09. The van der Waals surface area contributed by atoms with E-state index in [1.54, 1.807) is 48.5 Å². The fourth-order valence-electron chi connectivity index (χ4n) is 8.94. The first kappa shape index (κ1) is 72.1. The summed E-state index contributed by atoms with van der Waals surface area (Å²) in [5.74, 6) is -1.23. The number of esters is 1. The van der Waals surface area contributed by atoms with Gasteiger partial charge < -0.3 is 70.4 Å². The minimum Gasteiger partial charge on any atom is -0.491 e. The number of carbonyl (C=O) groups excluding carboxylic acids is 6. The van der Waals surface area contributed by atoms with E-state index < -0.39 is 40.4 Å². The van der Waals surface area contributed by atoms with Crippen LogP contribution >= 0.6 is 22.6 Å². The van der Waals surface area contributed by atoms with Crippen molar-refractivity contribution in [2.45, 2.75) is 53.9 Å². The lowest BCUT2D eigenvalue weighted by Crippen LogP contribution is -2.17. The number of fused-ring (bicyclic) bond motifs is 1. The Bertz CT molecular complexity index is 4050. The van der Waals surface area contributed by atoms with Crippen molar-refractivity contribution in [1.29, 1.82) is 0 Å². The van der Waals surface area contributed by atoms with E-state index >= 15 is 0 Å². The summed E-state index contributed by atoms with van der Waals surface area (Å²) in [5, 5.41) is 43.2. The molecule has 0 heterocycles. The van der Waals surface area contributed by atoms with Crippen LogP contribution in [0.25, 0.3) is 10.8 Å². The maximum Gasteiger partial charge on any atom is 0.337 e. The molecule has 0 unspecified atom stereocenters. The Kier molecular flexibility index (Phi) is 27.1. The molecular weight excluding hydrogens is 1340 g/mol. The zero-order chi connectivity index (χ0) is 68.6. The Morgan fingerprint density at radius 3 is 1.39 bits per heavy atom. The molecule has 0 fully saturated rings. The highest BCUT2D eigenvalue weighted by Gasteiger charge is 2.23.